The van der Waals surface area contributed by atoms with Gasteiger partial charge in [-0.3, -0.25) is 4.98 Å². The van der Waals surface area contributed by atoms with Crippen molar-refractivity contribution in [2.45, 2.75) is 18.8 Å². The lowest BCUT2D eigenvalue weighted by molar-refractivity contribution is 0.464. The van der Waals surface area contributed by atoms with Gasteiger partial charge < -0.3 is 9.73 Å². The van der Waals surface area contributed by atoms with Crippen molar-refractivity contribution in [2.75, 3.05) is 13.1 Å². The molecule has 0 aliphatic carbocycles. The molecule has 2 heterocycles. The maximum Gasteiger partial charge on any atom is 0.417 e. The van der Waals surface area contributed by atoms with E-state index >= 15 is 0 Å². The minimum atomic E-state index is -0.370. The molecular formula is C16H16N2O2. The van der Waals surface area contributed by atoms with E-state index in [0.29, 0.717) is 11.5 Å². The molecule has 0 spiro atoms. The van der Waals surface area contributed by atoms with Gasteiger partial charge in [0.25, 0.3) is 0 Å². The Balaban J connectivity index is 2.08. The maximum absolute atomic E-state index is 11.6. The first kappa shape index (κ1) is 11.7. The first-order valence-electron chi connectivity index (χ1n) is 7.08. The molecule has 0 bridgehead atoms. The molecule has 2 aromatic carbocycles. The van der Waals surface area contributed by atoms with Gasteiger partial charge in [-0.05, 0) is 54.3 Å². The zero-order valence-corrected chi connectivity index (χ0v) is 11.1. The number of aromatic nitrogens is 1. The van der Waals surface area contributed by atoms with Gasteiger partial charge in [-0.1, -0.05) is 24.3 Å². The van der Waals surface area contributed by atoms with Crippen LogP contribution in [0.25, 0.3) is 21.9 Å². The van der Waals surface area contributed by atoms with Gasteiger partial charge in [-0.15, -0.1) is 0 Å². The number of hydrogen-bond acceptors (Lipinski definition) is 3. The van der Waals surface area contributed by atoms with E-state index in [1.54, 1.807) is 0 Å². The lowest BCUT2D eigenvalue weighted by atomic mass is 9.86. The van der Waals surface area contributed by atoms with E-state index in [-0.39, 0.29) is 5.76 Å². The van der Waals surface area contributed by atoms with Gasteiger partial charge in [0.05, 0.1) is 5.52 Å². The van der Waals surface area contributed by atoms with Crippen LogP contribution < -0.4 is 11.1 Å². The van der Waals surface area contributed by atoms with Crippen LogP contribution in [-0.2, 0) is 0 Å². The summed E-state index contributed by atoms with van der Waals surface area (Å²) in [6.45, 7) is 2.05. The average molecular weight is 268 g/mol. The molecule has 1 aromatic heterocycles. The first-order chi connectivity index (χ1) is 9.83. The van der Waals surface area contributed by atoms with Gasteiger partial charge in [-0.25, -0.2) is 4.79 Å². The zero-order valence-electron chi connectivity index (χ0n) is 11.1. The Labute approximate surface area is 115 Å². The number of rotatable bonds is 1. The van der Waals surface area contributed by atoms with Crippen molar-refractivity contribution in [3.8, 4) is 0 Å². The van der Waals surface area contributed by atoms with Crippen molar-refractivity contribution in [3.63, 3.8) is 0 Å². The van der Waals surface area contributed by atoms with Gasteiger partial charge in [0.2, 0.25) is 0 Å². The Morgan fingerprint density at radius 2 is 1.95 bits per heavy atom. The second-order valence-corrected chi connectivity index (χ2v) is 5.42. The van der Waals surface area contributed by atoms with E-state index < -0.39 is 0 Å². The average Bonchev–Trinajstić information content (AvgIpc) is 2.85. The molecule has 2 N–H and O–H groups in total. The third kappa shape index (κ3) is 1.76. The Morgan fingerprint density at radius 1 is 1.15 bits per heavy atom. The summed E-state index contributed by atoms with van der Waals surface area (Å²) in [5.41, 5.74) is 2.79. The molecule has 0 radical (unpaired) electrons. The van der Waals surface area contributed by atoms with Gasteiger partial charge in [0.15, 0.2) is 5.58 Å². The minimum Gasteiger partial charge on any atom is -0.408 e. The molecule has 4 rings (SSSR count). The fraction of sp³-hybridized carbons (Fsp3) is 0.312. The van der Waals surface area contributed by atoms with Crippen molar-refractivity contribution in [1.29, 1.82) is 0 Å². The smallest absolute Gasteiger partial charge is 0.408 e. The highest BCUT2D eigenvalue weighted by Crippen LogP contribution is 2.36. The molecule has 0 atom stereocenters. The predicted molar refractivity (Wildman–Crippen MR) is 79.2 cm³/mol. The summed E-state index contributed by atoms with van der Waals surface area (Å²) in [5.74, 6) is 0.101. The Bertz CT molecular complexity index is 825. The van der Waals surface area contributed by atoms with E-state index in [4.69, 9.17) is 4.42 Å². The third-order valence-electron chi connectivity index (χ3n) is 4.23. The van der Waals surface area contributed by atoms with Crippen LogP contribution in [0, 0.1) is 0 Å². The minimum absolute atomic E-state index is 0.370. The van der Waals surface area contributed by atoms with E-state index in [1.807, 2.05) is 12.1 Å². The molecule has 1 saturated heterocycles. The zero-order chi connectivity index (χ0) is 13.5. The summed E-state index contributed by atoms with van der Waals surface area (Å²) in [5, 5.41) is 5.75. The van der Waals surface area contributed by atoms with Crippen molar-refractivity contribution in [3.05, 3.63) is 46.4 Å². The molecule has 0 unspecified atom stereocenters. The number of aromatic amines is 1. The summed E-state index contributed by atoms with van der Waals surface area (Å²) in [4.78, 5) is 14.4. The van der Waals surface area contributed by atoms with Crippen LogP contribution in [0.5, 0.6) is 0 Å². The highest BCUT2D eigenvalue weighted by Gasteiger charge is 2.22. The van der Waals surface area contributed by atoms with Gasteiger partial charge >= 0.3 is 5.76 Å². The lowest BCUT2D eigenvalue weighted by Crippen LogP contribution is -2.26. The number of fused-ring (bicyclic) bond motifs is 2. The van der Waals surface area contributed by atoms with Crippen LogP contribution in [-0.4, -0.2) is 18.1 Å². The van der Waals surface area contributed by atoms with Crippen molar-refractivity contribution in [2.24, 2.45) is 0 Å². The largest absolute Gasteiger partial charge is 0.417 e. The standard InChI is InChI=1S/C16H16N2O2/c19-16-18-15-13(20-16)9-11-3-1-2-4-12(11)14(15)10-5-7-17-8-6-10/h1-4,9-10,17H,5-8H2,(H,18,19). The SMILES string of the molecule is O=c1[nH]c2c(C3CCNCC3)c3ccccc3cc2o1. The summed E-state index contributed by atoms with van der Waals surface area (Å²) < 4.78 is 5.28. The quantitative estimate of drug-likeness (QED) is 0.713. The molecule has 1 aliphatic heterocycles. The lowest BCUT2D eigenvalue weighted by Gasteiger charge is -2.24. The monoisotopic (exact) mass is 268 g/mol. The normalized spacial score (nSPS) is 17.0. The number of hydrogen-bond donors (Lipinski definition) is 2. The van der Waals surface area contributed by atoms with Gasteiger partial charge in [0.1, 0.15) is 0 Å². The van der Waals surface area contributed by atoms with Gasteiger partial charge in [-0.2, -0.15) is 0 Å². The van der Waals surface area contributed by atoms with Crippen molar-refractivity contribution in [1.82, 2.24) is 10.3 Å². The van der Waals surface area contributed by atoms with Crippen LogP contribution in [0.15, 0.2) is 39.5 Å². The highest BCUT2D eigenvalue weighted by atomic mass is 16.4. The van der Waals surface area contributed by atoms with Crippen LogP contribution in [0.4, 0.5) is 0 Å². The molecular weight excluding hydrogens is 252 g/mol. The number of nitrogens with one attached hydrogen (secondary N) is 2. The molecule has 0 saturated carbocycles. The molecule has 3 aromatic rings. The van der Waals surface area contributed by atoms with Crippen molar-refractivity contribution >= 4 is 21.9 Å². The molecule has 0 amide bonds. The fourth-order valence-electron chi connectivity index (χ4n) is 3.32. The predicted octanol–water partition coefficient (Wildman–Crippen LogP) is 2.74. The Hall–Kier alpha value is -2.07. The van der Waals surface area contributed by atoms with E-state index in [1.165, 1.54) is 10.9 Å². The number of H-pyrrole nitrogens is 1. The van der Waals surface area contributed by atoms with Crippen LogP contribution >= 0.6 is 0 Å². The van der Waals surface area contributed by atoms with Crippen LogP contribution in [0.2, 0.25) is 0 Å². The number of oxazole rings is 1. The molecule has 20 heavy (non-hydrogen) atoms. The van der Waals surface area contributed by atoms with E-state index in [2.05, 4.69) is 28.5 Å². The van der Waals surface area contributed by atoms with Gasteiger partial charge in [0, 0.05) is 0 Å². The molecule has 1 aliphatic rings. The third-order valence-corrected chi connectivity index (χ3v) is 4.23. The Morgan fingerprint density at radius 3 is 2.80 bits per heavy atom. The molecule has 4 heteroatoms. The fourth-order valence-corrected chi connectivity index (χ4v) is 3.32. The van der Waals surface area contributed by atoms with Crippen molar-refractivity contribution < 1.29 is 4.42 Å². The van der Waals surface area contributed by atoms with Crippen LogP contribution in [0.1, 0.15) is 24.3 Å². The second-order valence-electron chi connectivity index (χ2n) is 5.42. The number of piperidine rings is 1. The molecule has 102 valence electrons. The highest BCUT2D eigenvalue weighted by molar-refractivity contribution is 5.99. The second kappa shape index (κ2) is 4.49. The summed E-state index contributed by atoms with van der Waals surface area (Å²) in [6.07, 6.45) is 2.19. The van der Waals surface area contributed by atoms with E-state index in [0.717, 1.165) is 36.8 Å². The summed E-state index contributed by atoms with van der Waals surface area (Å²) in [6, 6.07) is 10.2. The number of benzene rings is 2. The molecule has 4 nitrogen and oxygen atoms in total. The molecule has 1 fully saturated rings. The summed E-state index contributed by atoms with van der Waals surface area (Å²) >= 11 is 0. The maximum atomic E-state index is 11.6. The Kier molecular flexibility index (Phi) is 2.63. The topological polar surface area (TPSA) is 58.0 Å². The first-order valence-corrected chi connectivity index (χ1v) is 7.08. The van der Waals surface area contributed by atoms with Crippen LogP contribution in [0.3, 0.4) is 0 Å². The summed E-state index contributed by atoms with van der Waals surface area (Å²) in [7, 11) is 0. The van der Waals surface area contributed by atoms with E-state index in [9.17, 15) is 4.79 Å².